The maximum absolute atomic E-state index is 13.0. The lowest BCUT2D eigenvalue weighted by molar-refractivity contribution is -0.149. The Bertz CT molecular complexity index is 728. The molecule has 1 N–H and O–H groups in total. The van der Waals surface area contributed by atoms with Gasteiger partial charge in [0.25, 0.3) is 5.91 Å². The molecule has 1 amide bonds. The van der Waals surface area contributed by atoms with Crippen molar-refractivity contribution in [2.75, 3.05) is 18.5 Å². The third kappa shape index (κ3) is 6.25. The predicted molar refractivity (Wildman–Crippen MR) is 92.0 cm³/mol. The molecule has 0 atom stereocenters. The summed E-state index contributed by atoms with van der Waals surface area (Å²) in [6.45, 7) is 3.34. The first kappa shape index (κ1) is 18.4. The average molecular weight is 345 g/mol. The summed E-state index contributed by atoms with van der Waals surface area (Å²) in [5.74, 6) is -1.00. The molecule has 0 aliphatic rings. The first-order valence-electron chi connectivity index (χ1n) is 7.88. The Balaban J connectivity index is 1.72. The molecule has 0 fully saturated rings. The van der Waals surface area contributed by atoms with E-state index in [0.717, 1.165) is 6.07 Å². The van der Waals surface area contributed by atoms with Crippen molar-refractivity contribution in [2.45, 2.75) is 19.8 Å². The summed E-state index contributed by atoms with van der Waals surface area (Å²) in [6, 6.07) is 12.9. The maximum atomic E-state index is 13.0. The standard InChI is InChI=1S/C19H20FNO4/c1-13(2)14-6-8-16(9-7-14)21-18(22)11-25-19(23)12-24-17-5-3-4-15(20)10-17/h3-10,13H,11-12H2,1-2H3,(H,21,22). The minimum Gasteiger partial charge on any atom is -0.482 e. The number of amides is 1. The lowest BCUT2D eigenvalue weighted by Gasteiger charge is -2.09. The largest absolute Gasteiger partial charge is 0.482 e. The summed E-state index contributed by atoms with van der Waals surface area (Å²) in [4.78, 5) is 23.3. The molecule has 0 bridgehead atoms. The van der Waals surface area contributed by atoms with Crippen molar-refractivity contribution >= 4 is 17.6 Å². The zero-order valence-corrected chi connectivity index (χ0v) is 14.1. The number of esters is 1. The van der Waals surface area contributed by atoms with Gasteiger partial charge in [0.05, 0.1) is 0 Å². The van der Waals surface area contributed by atoms with Crippen molar-refractivity contribution < 1.29 is 23.5 Å². The highest BCUT2D eigenvalue weighted by atomic mass is 19.1. The van der Waals surface area contributed by atoms with Gasteiger partial charge in [-0.25, -0.2) is 9.18 Å². The summed E-state index contributed by atoms with van der Waals surface area (Å²) in [6.07, 6.45) is 0. The van der Waals surface area contributed by atoms with Crippen LogP contribution >= 0.6 is 0 Å². The Labute approximate surface area is 145 Å². The number of nitrogens with one attached hydrogen (secondary N) is 1. The molecular weight excluding hydrogens is 325 g/mol. The molecule has 2 aromatic rings. The van der Waals surface area contributed by atoms with E-state index in [1.54, 1.807) is 12.1 Å². The molecule has 25 heavy (non-hydrogen) atoms. The summed E-state index contributed by atoms with van der Waals surface area (Å²) < 4.78 is 22.9. The van der Waals surface area contributed by atoms with Crippen molar-refractivity contribution in [1.82, 2.24) is 0 Å². The van der Waals surface area contributed by atoms with Gasteiger partial charge in [-0.1, -0.05) is 32.0 Å². The second kappa shape index (κ2) is 8.82. The van der Waals surface area contributed by atoms with E-state index in [2.05, 4.69) is 19.2 Å². The molecule has 0 aliphatic heterocycles. The van der Waals surface area contributed by atoms with Crippen molar-refractivity contribution in [3.63, 3.8) is 0 Å². The van der Waals surface area contributed by atoms with Crippen LogP contribution in [0.4, 0.5) is 10.1 Å². The Kier molecular flexibility index (Phi) is 6.51. The summed E-state index contributed by atoms with van der Waals surface area (Å²) in [7, 11) is 0. The third-order valence-corrected chi connectivity index (χ3v) is 3.38. The van der Waals surface area contributed by atoms with Crippen LogP contribution in [0.3, 0.4) is 0 Å². The number of rotatable bonds is 7. The minimum absolute atomic E-state index is 0.214. The van der Waals surface area contributed by atoms with Gasteiger partial charge in [0, 0.05) is 11.8 Å². The van der Waals surface area contributed by atoms with Crippen LogP contribution in [0.25, 0.3) is 0 Å². The topological polar surface area (TPSA) is 64.6 Å². The first-order valence-corrected chi connectivity index (χ1v) is 7.88. The molecule has 0 radical (unpaired) electrons. The van der Waals surface area contributed by atoms with Gasteiger partial charge in [-0.05, 0) is 35.7 Å². The van der Waals surface area contributed by atoms with Gasteiger partial charge in [-0.3, -0.25) is 4.79 Å². The molecule has 2 aromatic carbocycles. The molecule has 2 rings (SSSR count). The number of halogens is 1. The van der Waals surface area contributed by atoms with E-state index >= 15 is 0 Å². The lowest BCUT2D eigenvalue weighted by atomic mass is 10.0. The van der Waals surface area contributed by atoms with Crippen LogP contribution in [0.5, 0.6) is 5.75 Å². The van der Waals surface area contributed by atoms with Crippen LogP contribution in [-0.4, -0.2) is 25.1 Å². The summed E-state index contributed by atoms with van der Waals surface area (Å²) in [5.41, 5.74) is 1.79. The highest BCUT2D eigenvalue weighted by Crippen LogP contribution is 2.17. The summed E-state index contributed by atoms with van der Waals surface area (Å²) >= 11 is 0. The van der Waals surface area contributed by atoms with E-state index in [4.69, 9.17) is 9.47 Å². The number of hydrogen-bond donors (Lipinski definition) is 1. The Hall–Kier alpha value is -2.89. The Morgan fingerprint density at radius 2 is 1.80 bits per heavy atom. The van der Waals surface area contributed by atoms with E-state index in [9.17, 15) is 14.0 Å². The van der Waals surface area contributed by atoms with E-state index in [0.29, 0.717) is 11.6 Å². The molecule has 0 aliphatic carbocycles. The zero-order chi connectivity index (χ0) is 18.2. The molecule has 0 aromatic heterocycles. The zero-order valence-electron chi connectivity index (χ0n) is 14.1. The predicted octanol–water partition coefficient (Wildman–Crippen LogP) is 3.51. The third-order valence-electron chi connectivity index (χ3n) is 3.38. The fourth-order valence-corrected chi connectivity index (χ4v) is 2.04. The van der Waals surface area contributed by atoms with Gasteiger partial charge >= 0.3 is 5.97 Å². The normalized spacial score (nSPS) is 10.4. The van der Waals surface area contributed by atoms with Crippen LogP contribution in [0.2, 0.25) is 0 Å². The number of anilines is 1. The minimum atomic E-state index is -0.713. The molecule has 0 saturated carbocycles. The molecule has 0 saturated heterocycles. The monoisotopic (exact) mass is 345 g/mol. The fourth-order valence-electron chi connectivity index (χ4n) is 2.04. The second-order valence-electron chi connectivity index (χ2n) is 5.73. The lowest BCUT2D eigenvalue weighted by Crippen LogP contribution is -2.23. The number of hydrogen-bond acceptors (Lipinski definition) is 4. The summed E-state index contributed by atoms with van der Waals surface area (Å²) in [5, 5.41) is 2.64. The van der Waals surface area contributed by atoms with Gasteiger partial charge in [-0.2, -0.15) is 0 Å². The molecule has 0 unspecified atom stereocenters. The second-order valence-corrected chi connectivity index (χ2v) is 5.73. The van der Waals surface area contributed by atoms with Gasteiger partial charge in [-0.15, -0.1) is 0 Å². The molecule has 6 heteroatoms. The van der Waals surface area contributed by atoms with Gasteiger partial charge in [0.15, 0.2) is 13.2 Å². The molecule has 0 spiro atoms. The quantitative estimate of drug-likeness (QED) is 0.780. The van der Waals surface area contributed by atoms with E-state index in [1.807, 2.05) is 12.1 Å². The number of carbonyl (C=O) groups excluding carboxylic acids is 2. The van der Waals surface area contributed by atoms with Crippen LogP contribution in [0.15, 0.2) is 48.5 Å². The highest BCUT2D eigenvalue weighted by molar-refractivity contribution is 5.92. The maximum Gasteiger partial charge on any atom is 0.344 e. The smallest absolute Gasteiger partial charge is 0.344 e. The molecule has 5 nitrogen and oxygen atoms in total. The number of carbonyl (C=O) groups is 2. The number of benzene rings is 2. The first-order chi connectivity index (χ1) is 11.9. The van der Waals surface area contributed by atoms with Crippen LogP contribution in [-0.2, 0) is 14.3 Å². The Morgan fingerprint density at radius 1 is 1.08 bits per heavy atom. The van der Waals surface area contributed by atoms with E-state index in [-0.39, 0.29) is 5.75 Å². The van der Waals surface area contributed by atoms with Crippen molar-refractivity contribution in [2.24, 2.45) is 0 Å². The van der Waals surface area contributed by atoms with Gasteiger partial charge in [0.2, 0.25) is 0 Å². The molecule has 0 heterocycles. The van der Waals surface area contributed by atoms with Crippen LogP contribution in [0.1, 0.15) is 25.3 Å². The van der Waals surface area contributed by atoms with Gasteiger partial charge in [0.1, 0.15) is 11.6 Å². The Morgan fingerprint density at radius 3 is 2.44 bits per heavy atom. The van der Waals surface area contributed by atoms with Crippen LogP contribution < -0.4 is 10.1 Å². The van der Waals surface area contributed by atoms with Crippen molar-refractivity contribution in [3.8, 4) is 5.75 Å². The fraction of sp³-hybridized carbons (Fsp3) is 0.263. The molecule has 132 valence electrons. The van der Waals surface area contributed by atoms with E-state index < -0.39 is 30.9 Å². The number of ether oxygens (including phenoxy) is 2. The molecular formula is C19H20FNO4. The van der Waals surface area contributed by atoms with Crippen LogP contribution in [0, 0.1) is 5.82 Å². The van der Waals surface area contributed by atoms with Gasteiger partial charge < -0.3 is 14.8 Å². The van der Waals surface area contributed by atoms with E-state index in [1.165, 1.54) is 23.8 Å². The average Bonchev–Trinajstić information content (AvgIpc) is 2.58. The van der Waals surface area contributed by atoms with Crippen molar-refractivity contribution in [3.05, 3.63) is 59.9 Å². The van der Waals surface area contributed by atoms with Crippen molar-refractivity contribution in [1.29, 1.82) is 0 Å². The SMILES string of the molecule is CC(C)c1ccc(NC(=O)COC(=O)COc2cccc(F)c2)cc1. The highest BCUT2D eigenvalue weighted by Gasteiger charge is 2.09.